The molecule has 0 aromatic carbocycles. The minimum absolute atomic E-state index is 0.0556. The Morgan fingerprint density at radius 2 is 2.35 bits per heavy atom. The predicted octanol–water partition coefficient (Wildman–Crippen LogP) is 2.40. The van der Waals surface area contributed by atoms with E-state index in [0.717, 1.165) is 17.0 Å². The van der Waals surface area contributed by atoms with Gasteiger partial charge in [0.05, 0.1) is 12.6 Å². The number of nitrogens with two attached hydrogens (primary N) is 1. The zero-order chi connectivity index (χ0) is 14.4. The summed E-state index contributed by atoms with van der Waals surface area (Å²) in [4.78, 5) is 17.2. The van der Waals surface area contributed by atoms with Crippen molar-refractivity contribution in [2.24, 2.45) is 5.73 Å². The van der Waals surface area contributed by atoms with Crippen LogP contribution in [-0.2, 0) is 0 Å². The maximum absolute atomic E-state index is 12.3. The van der Waals surface area contributed by atoms with Crippen molar-refractivity contribution in [3.8, 4) is 11.8 Å². The van der Waals surface area contributed by atoms with Crippen molar-refractivity contribution in [3.05, 3.63) is 38.5 Å². The van der Waals surface area contributed by atoms with E-state index in [2.05, 4.69) is 22.1 Å². The lowest BCUT2D eigenvalue weighted by atomic mass is 10.2. The third-order valence-corrected chi connectivity index (χ3v) is 4.46. The topological polar surface area (TPSA) is 68.0 Å². The maximum Gasteiger partial charge on any atom is 0.263 e. The van der Waals surface area contributed by atoms with Crippen molar-refractivity contribution in [2.45, 2.75) is 19.4 Å². The van der Waals surface area contributed by atoms with Gasteiger partial charge in [-0.15, -0.1) is 22.7 Å². The number of rotatable bonds is 4. The Bertz CT molecular complexity index is 622. The van der Waals surface area contributed by atoms with Crippen LogP contribution in [0.1, 0.15) is 39.6 Å². The second-order valence-electron chi connectivity index (χ2n) is 3.97. The number of thiophene rings is 1. The fourth-order valence-corrected chi connectivity index (χ4v) is 3.22. The van der Waals surface area contributed by atoms with Gasteiger partial charge in [0.2, 0.25) is 0 Å². The number of hydrogen-bond acceptors (Lipinski definition) is 5. The number of aromatic nitrogens is 1. The second-order valence-corrected chi connectivity index (χ2v) is 5.82. The zero-order valence-electron chi connectivity index (χ0n) is 11.1. The first-order valence-electron chi connectivity index (χ1n) is 6.23. The molecule has 1 unspecified atom stereocenters. The van der Waals surface area contributed by atoms with Crippen molar-refractivity contribution in [3.63, 3.8) is 0 Å². The van der Waals surface area contributed by atoms with Crippen molar-refractivity contribution >= 4 is 28.6 Å². The summed E-state index contributed by atoms with van der Waals surface area (Å²) >= 11 is 2.93. The second kappa shape index (κ2) is 7.20. The minimum Gasteiger partial charge on any atom is -0.342 e. The number of carbonyl (C=O) groups excluding carboxylic acids is 1. The van der Waals surface area contributed by atoms with E-state index in [-0.39, 0.29) is 18.5 Å². The first kappa shape index (κ1) is 14.7. The highest BCUT2D eigenvalue weighted by Gasteiger charge is 2.18. The highest BCUT2D eigenvalue weighted by molar-refractivity contribution is 7.12. The molecule has 0 saturated heterocycles. The van der Waals surface area contributed by atoms with Crippen LogP contribution in [0.15, 0.2) is 23.0 Å². The number of carbonyl (C=O) groups is 1. The van der Waals surface area contributed by atoms with E-state index in [4.69, 9.17) is 5.73 Å². The molecule has 0 aliphatic carbocycles. The van der Waals surface area contributed by atoms with Gasteiger partial charge in [0, 0.05) is 17.1 Å². The van der Waals surface area contributed by atoms with Gasteiger partial charge in [-0.1, -0.05) is 18.8 Å². The molecule has 3 N–H and O–H groups in total. The average molecular weight is 305 g/mol. The normalized spacial score (nSPS) is 11.5. The molecule has 0 aliphatic rings. The Labute approximate surface area is 126 Å². The molecule has 0 saturated carbocycles. The summed E-state index contributed by atoms with van der Waals surface area (Å²) in [6.07, 6.45) is 2.55. The van der Waals surface area contributed by atoms with Gasteiger partial charge in [-0.3, -0.25) is 4.79 Å². The highest BCUT2D eigenvalue weighted by Crippen LogP contribution is 2.21. The molecule has 2 aromatic heterocycles. The summed E-state index contributed by atoms with van der Waals surface area (Å²) in [5.41, 5.74) is 6.09. The van der Waals surface area contributed by atoms with Gasteiger partial charge in [-0.05, 0) is 17.9 Å². The molecule has 0 fully saturated rings. The van der Waals surface area contributed by atoms with Gasteiger partial charge < -0.3 is 11.1 Å². The van der Waals surface area contributed by atoms with E-state index in [1.165, 1.54) is 11.3 Å². The molecule has 2 aromatic rings. The lowest BCUT2D eigenvalue weighted by Crippen LogP contribution is -2.27. The van der Waals surface area contributed by atoms with Crippen molar-refractivity contribution in [2.75, 3.05) is 6.54 Å². The van der Waals surface area contributed by atoms with Crippen LogP contribution in [0.25, 0.3) is 0 Å². The third kappa shape index (κ3) is 3.45. The first-order chi connectivity index (χ1) is 9.76. The molecule has 0 radical (unpaired) electrons. The van der Waals surface area contributed by atoms with E-state index in [9.17, 15) is 4.79 Å². The average Bonchev–Trinajstić information content (AvgIpc) is 3.13. The van der Waals surface area contributed by atoms with E-state index in [0.29, 0.717) is 4.88 Å². The van der Waals surface area contributed by atoms with E-state index >= 15 is 0 Å². The van der Waals surface area contributed by atoms with Crippen LogP contribution in [0.5, 0.6) is 0 Å². The van der Waals surface area contributed by atoms with Crippen molar-refractivity contribution in [1.82, 2.24) is 10.3 Å². The molecule has 0 spiro atoms. The Balaban J connectivity index is 2.14. The number of hydrogen-bond donors (Lipinski definition) is 2. The lowest BCUT2D eigenvalue weighted by Gasteiger charge is -2.13. The summed E-state index contributed by atoms with van der Waals surface area (Å²) in [7, 11) is 0. The summed E-state index contributed by atoms with van der Waals surface area (Å²) in [6.45, 7) is 2.31. The van der Waals surface area contributed by atoms with Gasteiger partial charge >= 0.3 is 0 Å². The smallest absolute Gasteiger partial charge is 0.263 e. The Morgan fingerprint density at radius 1 is 1.50 bits per heavy atom. The van der Waals surface area contributed by atoms with Crippen LogP contribution in [0, 0.1) is 11.8 Å². The lowest BCUT2D eigenvalue weighted by molar-refractivity contribution is 0.0939. The predicted molar refractivity (Wildman–Crippen MR) is 82.9 cm³/mol. The largest absolute Gasteiger partial charge is 0.342 e. The molecule has 104 valence electrons. The van der Waals surface area contributed by atoms with Crippen LogP contribution >= 0.6 is 22.7 Å². The molecule has 0 aliphatic heterocycles. The number of nitrogens with one attached hydrogen (secondary N) is 1. The molecule has 4 nitrogen and oxygen atoms in total. The van der Waals surface area contributed by atoms with Crippen LogP contribution < -0.4 is 11.1 Å². The molecular weight excluding hydrogens is 290 g/mol. The Hall–Kier alpha value is -1.68. The molecule has 1 atom stereocenters. The van der Waals surface area contributed by atoms with E-state index < -0.39 is 0 Å². The SMILES string of the molecule is CCC(NC(=O)c1sccc1C#CCN)c1nccs1. The highest BCUT2D eigenvalue weighted by atomic mass is 32.1. The van der Waals surface area contributed by atoms with Gasteiger partial charge in [-0.2, -0.15) is 0 Å². The molecule has 6 heteroatoms. The van der Waals surface area contributed by atoms with Gasteiger partial charge in [0.15, 0.2) is 0 Å². The molecular formula is C14H15N3OS2. The molecule has 20 heavy (non-hydrogen) atoms. The Kier molecular flexibility index (Phi) is 5.30. The minimum atomic E-state index is -0.108. The van der Waals surface area contributed by atoms with Crippen molar-refractivity contribution < 1.29 is 4.79 Å². The van der Waals surface area contributed by atoms with Crippen molar-refractivity contribution in [1.29, 1.82) is 0 Å². The van der Waals surface area contributed by atoms with E-state index in [1.54, 1.807) is 17.5 Å². The summed E-state index contributed by atoms with van der Waals surface area (Å²) in [5, 5.41) is 7.70. The van der Waals surface area contributed by atoms with Gasteiger partial charge in [0.25, 0.3) is 5.91 Å². The summed E-state index contributed by atoms with van der Waals surface area (Å²) in [5.74, 6) is 5.59. The number of thiazole rings is 1. The maximum atomic E-state index is 12.3. The summed E-state index contributed by atoms with van der Waals surface area (Å²) in [6, 6.07) is 1.78. The Morgan fingerprint density at radius 3 is 3.00 bits per heavy atom. The quantitative estimate of drug-likeness (QED) is 0.852. The van der Waals surface area contributed by atoms with Crippen LogP contribution in [0.3, 0.4) is 0 Å². The molecule has 0 bridgehead atoms. The molecule has 2 rings (SSSR count). The fourth-order valence-electron chi connectivity index (χ4n) is 1.70. The first-order valence-corrected chi connectivity index (χ1v) is 7.98. The number of nitrogens with zero attached hydrogens (tertiary/aromatic N) is 1. The van der Waals surface area contributed by atoms with Gasteiger partial charge in [0.1, 0.15) is 9.88 Å². The molecule has 2 heterocycles. The third-order valence-electron chi connectivity index (χ3n) is 2.66. The van der Waals surface area contributed by atoms with Crippen LogP contribution in [0.4, 0.5) is 0 Å². The fraction of sp³-hybridized carbons (Fsp3) is 0.286. The van der Waals surface area contributed by atoms with Gasteiger partial charge in [-0.25, -0.2) is 4.98 Å². The summed E-state index contributed by atoms with van der Waals surface area (Å²) < 4.78 is 0. The standard InChI is InChI=1S/C14H15N3OS2/c1-2-11(14-16-7-9-20-14)17-13(18)12-10(4-3-6-15)5-8-19-12/h5,7-9,11H,2,6,15H2,1H3,(H,17,18). The van der Waals surface area contributed by atoms with Crippen LogP contribution in [0.2, 0.25) is 0 Å². The zero-order valence-corrected chi connectivity index (χ0v) is 12.7. The monoisotopic (exact) mass is 305 g/mol. The number of amides is 1. The molecule has 1 amide bonds. The van der Waals surface area contributed by atoms with E-state index in [1.807, 2.05) is 23.8 Å². The van der Waals surface area contributed by atoms with Crippen LogP contribution in [-0.4, -0.2) is 17.4 Å².